The molecule has 0 saturated heterocycles. The van der Waals surface area contributed by atoms with Crippen LogP contribution in [0.25, 0.3) is 0 Å². The van der Waals surface area contributed by atoms with Crippen LogP contribution in [0.3, 0.4) is 0 Å². The summed E-state index contributed by atoms with van der Waals surface area (Å²) in [4.78, 5) is 48.3. The third kappa shape index (κ3) is 11.1. The summed E-state index contributed by atoms with van der Waals surface area (Å²) < 4.78 is 25.6. The van der Waals surface area contributed by atoms with E-state index in [9.17, 15) is 24.3 Å². The molecule has 0 radical (unpaired) electrons. The van der Waals surface area contributed by atoms with Gasteiger partial charge in [-0.2, -0.15) is 0 Å². The second-order valence-corrected chi connectivity index (χ2v) is 8.96. The Labute approximate surface area is 217 Å². The molecule has 1 aromatic carbocycles. The normalized spacial score (nSPS) is 14.0. The molecule has 37 heavy (non-hydrogen) atoms. The van der Waals surface area contributed by atoms with Crippen LogP contribution >= 0.6 is 0 Å². The van der Waals surface area contributed by atoms with Crippen molar-refractivity contribution in [3.8, 4) is 11.5 Å². The van der Waals surface area contributed by atoms with Gasteiger partial charge in [-0.25, -0.2) is 9.59 Å². The first-order chi connectivity index (χ1) is 17.4. The van der Waals surface area contributed by atoms with Crippen molar-refractivity contribution < 1.29 is 48.0 Å². The number of carboxylic acids is 1. The lowest BCUT2D eigenvalue weighted by molar-refractivity contribution is -0.156. The molecular weight excluding hydrogens is 486 g/mol. The van der Waals surface area contributed by atoms with Gasteiger partial charge in [-0.05, 0) is 43.9 Å². The van der Waals surface area contributed by atoms with E-state index in [2.05, 4.69) is 0 Å². The molecule has 0 spiro atoms. The lowest BCUT2D eigenvalue weighted by Crippen LogP contribution is -2.52. The summed E-state index contributed by atoms with van der Waals surface area (Å²) in [7, 11) is 0. The first kappa shape index (κ1) is 31.7. The van der Waals surface area contributed by atoms with Crippen LogP contribution in [0.15, 0.2) is 18.2 Å². The Bertz CT molecular complexity index is 919. The van der Waals surface area contributed by atoms with Crippen LogP contribution in [0.5, 0.6) is 11.5 Å². The molecule has 0 heterocycles. The largest absolute Gasteiger partial charge is 0.513 e. The van der Waals surface area contributed by atoms with Gasteiger partial charge in [0.05, 0.1) is 19.1 Å². The number of aliphatic carboxylic acids is 1. The molecule has 0 saturated carbocycles. The molecule has 2 unspecified atom stereocenters. The number of esters is 1. The van der Waals surface area contributed by atoms with Gasteiger partial charge in [0.2, 0.25) is 0 Å². The molecule has 1 rings (SSSR count). The Morgan fingerprint density at radius 3 is 2.00 bits per heavy atom. The summed E-state index contributed by atoms with van der Waals surface area (Å²) in [5.74, 6) is -2.32. The number of rotatable bonds is 15. The van der Waals surface area contributed by atoms with Crippen LogP contribution < -0.4 is 15.2 Å². The van der Waals surface area contributed by atoms with E-state index in [-0.39, 0.29) is 43.5 Å². The van der Waals surface area contributed by atoms with Gasteiger partial charge < -0.3 is 34.5 Å². The van der Waals surface area contributed by atoms with Crippen LogP contribution in [-0.2, 0) is 30.2 Å². The molecule has 3 atom stereocenters. The second kappa shape index (κ2) is 15.7. The zero-order valence-corrected chi connectivity index (χ0v) is 22.2. The van der Waals surface area contributed by atoms with Crippen molar-refractivity contribution in [1.29, 1.82) is 0 Å². The summed E-state index contributed by atoms with van der Waals surface area (Å²) in [6, 6.07) is 4.15. The Balaban J connectivity index is 3.13. The molecule has 11 nitrogen and oxygen atoms in total. The van der Waals surface area contributed by atoms with Gasteiger partial charge >= 0.3 is 24.2 Å². The highest BCUT2D eigenvalue weighted by atomic mass is 16.7. The SMILES string of the molecule is CCCOC(=O)Oc1ccc(CC(N)(C[C@H](C)OC(=O)C(C)CCC)C(=O)O)cc1OC(=O)OCCC. The van der Waals surface area contributed by atoms with Crippen molar-refractivity contribution in [1.82, 2.24) is 0 Å². The summed E-state index contributed by atoms with van der Waals surface area (Å²) in [5, 5.41) is 9.88. The first-order valence-corrected chi connectivity index (χ1v) is 12.5. The van der Waals surface area contributed by atoms with Gasteiger partial charge in [-0.1, -0.05) is 40.2 Å². The monoisotopic (exact) mass is 525 g/mol. The van der Waals surface area contributed by atoms with Crippen molar-refractivity contribution >= 4 is 24.2 Å². The first-order valence-electron chi connectivity index (χ1n) is 12.5. The fourth-order valence-electron chi connectivity index (χ4n) is 3.46. The lowest BCUT2D eigenvalue weighted by Gasteiger charge is -2.28. The van der Waals surface area contributed by atoms with E-state index in [1.807, 2.05) is 20.8 Å². The Kier molecular flexibility index (Phi) is 13.4. The maximum absolute atomic E-state index is 12.2. The van der Waals surface area contributed by atoms with E-state index in [4.69, 9.17) is 29.4 Å². The van der Waals surface area contributed by atoms with Gasteiger partial charge in [-0.3, -0.25) is 9.59 Å². The smallest absolute Gasteiger partial charge is 0.480 e. The predicted molar refractivity (Wildman–Crippen MR) is 133 cm³/mol. The van der Waals surface area contributed by atoms with E-state index < -0.39 is 35.9 Å². The zero-order chi connectivity index (χ0) is 28.0. The van der Waals surface area contributed by atoms with Crippen molar-refractivity contribution in [3.63, 3.8) is 0 Å². The summed E-state index contributed by atoms with van der Waals surface area (Å²) in [5.41, 5.74) is 4.81. The summed E-state index contributed by atoms with van der Waals surface area (Å²) in [6.45, 7) is 9.16. The molecule has 1 aromatic rings. The summed E-state index contributed by atoms with van der Waals surface area (Å²) in [6.07, 6.45) is -0.523. The number of nitrogens with two attached hydrogens (primary N) is 1. The van der Waals surface area contributed by atoms with Crippen molar-refractivity contribution in [2.75, 3.05) is 13.2 Å². The van der Waals surface area contributed by atoms with Gasteiger partial charge in [0.15, 0.2) is 11.5 Å². The molecule has 0 aliphatic rings. The lowest BCUT2D eigenvalue weighted by atomic mass is 9.86. The quantitative estimate of drug-likeness (QED) is 0.187. The van der Waals surface area contributed by atoms with Gasteiger partial charge in [0.25, 0.3) is 0 Å². The second-order valence-electron chi connectivity index (χ2n) is 8.96. The van der Waals surface area contributed by atoms with Crippen molar-refractivity contribution in [2.24, 2.45) is 11.7 Å². The highest BCUT2D eigenvalue weighted by Gasteiger charge is 2.37. The number of carboxylic acid groups (broad SMARTS) is 1. The van der Waals surface area contributed by atoms with E-state index in [0.717, 1.165) is 6.42 Å². The average Bonchev–Trinajstić information content (AvgIpc) is 2.82. The van der Waals surface area contributed by atoms with Gasteiger partial charge in [0, 0.05) is 12.8 Å². The minimum Gasteiger partial charge on any atom is -0.480 e. The van der Waals surface area contributed by atoms with Crippen molar-refractivity contribution in [3.05, 3.63) is 23.8 Å². The van der Waals surface area contributed by atoms with Crippen LogP contribution in [0.4, 0.5) is 9.59 Å². The number of benzene rings is 1. The maximum atomic E-state index is 12.2. The molecule has 0 aliphatic carbocycles. The average molecular weight is 526 g/mol. The topological polar surface area (TPSA) is 161 Å². The highest BCUT2D eigenvalue weighted by Crippen LogP contribution is 2.31. The predicted octanol–water partition coefficient (Wildman–Crippen LogP) is 4.62. The number of carbonyl (C=O) groups excluding carboxylic acids is 3. The molecule has 0 fully saturated rings. The highest BCUT2D eigenvalue weighted by molar-refractivity contribution is 5.79. The minimum absolute atomic E-state index is 0.117. The van der Waals surface area contributed by atoms with Crippen LogP contribution in [0.2, 0.25) is 0 Å². The summed E-state index contributed by atoms with van der Waals surface area (Å²) >= 11 is 0. The molecule has 3 N–H and O–H groups in total. The van der Waals surface area contributed by atoms with E-state index >= 15 is 0 Å². The molecule has 0 amide bonds. The Hall–Kier alpha value is -3.34. The minimum atomic E-state index is -1.81. The van der Waals surface area contributed by atoms with Gasteiger partial charge in [-0.15, -0.1) is 0 Å². The van der Waals surface area contributed by atoms with Crippen LogP contribution in [-0.4, -0.2) is 54.2 Å². The number of hydrogen-bond acceptors (Lipinski definition) is 10. The van der Waals surface area contributed by atoms with Crippen LogP contribution in [0, 0.1) is 5.92 Å². The number of ether oxygens (including phenoxy) is 5. The third-order valence-corrected chi connectivity index (χ3v) is 5.28. The Morgan fingerprint density at radius 2 is 1.49 bits per heavy atom. The molecule has 0 aromatic heterocycles. The number of carbonyl (C=O) groups is 4. The van der Waals surface area contributed by atoms with E-state index in [1.54, 1.807) is 13.8 Å². The van der Waals surface area contributed by atoms with E-state index in [1.165, 1.54) is 18.2 Å². The molecule has 208 valence electrons. The fraction of sp³-hybridized carbons (Fsp3) is 0.615. The van der Waals surface area contributed by atoms with Crippen molar-refractivity contribution in [2.45, 2.75) is 84.8 Å². The molecule has 11 heteroatoms. The Morgan fingerprint density at radius 1 is 0.919 bits per heavy atom. The van der Waals surface area contributed by atoms with Crippen LogP contribution in [0.1, 0.15) is 72.3 Å². The third-order valence-electron chi connectivity index (χ3n) is 5.28. The van der Waals surface area contributed by atoms with E-state index in [0.29, 0.717) is 24.8 Å². The standard InChI is InChI=1S/C26H39NO10/c1-6-9-17(4)22(28)35-18(5)15-26(27,23(29)30)16-19-10-11-20(36-24(31)33-12-7-2)21(14-19)37-25(32)34-13-8-3/h10-11,14,17-18H,6-9,12-13,15-16,27H2,1-5H3,(H,29,30)/t17?,18-,26?/m0/s1. The number of hydrogen-bond donors (Lipinski definition) is 2. The molecular formula is C26H39NO10. The maximum Gasteiger partial charge on any atom is 0.513 e. The van der Waals surface area contributed by atoms with Gasteiger partial charge in [0.1, 0.15) is 11.6 Å². The molecule has 0 aliphatic heterocycles. The molecule has 0 bridgehead atoms. The zero-order valence-electron chi connectivity index (χ0n) is 22.2. The fourth-order valence-corrected chi connectivity index (χ4v) is 3.46.